The number of rotatable bonds is 7. The van der Waals surface area contributed by atoms with E-state index in [1.165, 1.54) is 14.0 Å². The number of carbonyl (C=O) groups is 4. The van der Waals surface area contributed by atoms with Crippen LogP contribution >= 0.6 is 0 Å². The van der Waals surface area contributed by atoms with Gasteiger partial charge >= 0.3 is 0 Å². The maximum atomic E-state index is 12.5. The van der Waals surface area contributed by atoms with Crippen molar-refractivity contribution in [1.29, 1.82) is 0 Å². The van der Waals surface area contributed by atoms with Crippen LogP contribution < -0.4 is 10.7 Å². The molecule has 0 spiro atoms. The second kappa shape index (κ2) is 7.82. The highest BCUT2D eigenvalue weighted by molar-refractivity contribution is 6.08. The number of hydrazine groups is 1. The molecule has 3 amide bonds. The van der Waals surface area contributed by atoms with Gasteiger partial charge < -0.3 is 14.8 Å². The number of aldehydes is 1. The Kier molecular flexibility index (Phi) is 6.03. The molecule has 9 heteroatoms. The van der Waals surface area contributed by atoms with Crippen molar-refractivity contribution in [3.8, 4) is 0 Å². The predicted octanol–water partition coefficient (Wildman–Crippen LogP) is -1.22. The zero-order chi connectivity index (χ0) is 17.9. The third kappa shape index (κ3) is 3.80. The molecule has 2 heterocycles. The van der Waals surface area contributed by atoms with Gasteiger partial charge in [0.25, 0.3) is 0 Å². The third-order valence-corrected chi connectivity index (χ3v) is 4.43. The number of amides is 3. The Morgan fingerprint density at radius 2 is 2.08 bits per heavy atom. The molecular formula is C15H24N4O5. The number of hydrogen-bond donors (Lipinski definition) is 2. The molecule has 0 aromatic heterocycles. The molecule has 2 aliphatic rings. The molecule has 0 aromatic rings. The molecule has 0 aliphatic carbocycles. The summed E-state index contributed by atoms with van der Waals surface area (Å²) in [5.41, 5.74) is 2.97. The molecule has 2 N–H and O–H groups in total. The first-order valence-corrected chi connectivity index (χ1v) is 8.06. The van der Waals surface area contributed by atoms with Crippen LogP contribution in [0.3, 0.4) is 0 Å². The van der Waals surface area contributed by atoms with Crippen LogP contribution in [-0.2, 0) is 23.9 Å². The lowest BCUT2D eigenvalue weighted by Crippen LogP contribution is -2.54. The first-order valence-electron chi connectivity index (χ1n) is 8.06. The maximum Gasteiger partial charge on any atom is 0.248 e. The van der Waals surface area contributed by atoms with E-state index >= 15 is 0 Å². The van der Waals surface area contributed by atoms with Crippen molar-refractivity contribution in [2.45, 2.75) is 57.5 Å². The van der Waals surface area contributed by atoms with Gasteiger partial charge in [-0.2, -0.15) is 0 Å². The summed E-state index contributed by atoms with van der Waals surface area (Å²) in [6, 6.07) is -1.95. The summed E-state index contributed by atoms with van der Waals surface area (Å²) in [6.45, 7) is 3.79. The summed E-state index contributed by atoms with van der Waals surface area (Å²) in [6.07, 6.45) is 1.87. The standard InChI is InChI=1S/C15H24N4O5/c1-9(14(22)16-10(2)24-3)19-13(21)7-12(15(19)23)17-18-6-4-5-11(18)8-20/h8-12,17H,4-7H2,1-3H3,(H,16,22)/t9?,10?,11-,12?/m0/s1. The summed E-state index contributed by atoms with van der Waals surface area (Å²) in [5, 5.41) is 4.27. The van der Waals surface area contributed by atoms with Gasteiger partial charge in [-0.1, -0.05) is 0 Å². The van der Waals surface area contributed by atoms with Crippen molar-refractivity contribution in [1.82, 2.24) is 20.7 Å². The number of imide groups is 1. The zero-order valence-corrected chi connectivity index (χ0v) is 14.2. The molecule has 2 aliphatic heterocycles. The lowest BCUT2D eigenvalue weighted by atomic mass is 10.2. The molecule has 0 aromatic carbocycles. The van der Waals surface area contributed by atoms with Gasteiger partial charge in [-0.05, 0) is 26.7 Å². The minimum absolute atomic E-state index is 0.0294. The third-order valence-electron chi connectivity index (χ3n) is 4.43. The fourth-order valence-electron chi connectivity index (χ4n) is 2.95. The van der Waals surface area contributed by atoms with Crippen molar-refractivity contribution in [3.63, 3.8) is 0 Å². The number of likely N-dealkylation sites (tertiary alicyclic amines) is 1. The van der Waals surface area contributed by atoms with Crippen LogP contribution in [0, 0.1) is 0 Å². The van der Waals surface area contributed by atoms with Gasteiger partial charge in [0.05, 0.1) is 12.5 Å². The van der Waals surface area contributed by atoms with Crippen LogP contribution in [0.15, 0.2) is 0 Å². The zero-order valence-electron chi connectivity index (χ0n) is 14.2. The summed E-state index contributed by atoms with van der Waals surface area (Å²) >= 11 is 0. The van der Waals surface area contributed by atoms with Crippen LogP contribution in [0.25, 0.3) is 0 Å². The molecule has 2 rings (SSSR count). The molecule has 24 heavy (non-hydrogen) atoms. The summed E-state index contributed by atoms with van der Waals surface area (Å²) < 4.78 is 4.95. The number of methoxy groups -OCH3 is 1. The molecule has 3 unspecified atom stereocenters. The highest BCUT2D eigenvalue weighted by Crippen LogP contribution is 2.20. The fourth-order valence-corrected chi connectivity index (χ4v) is 2.95. The van der Waals surface area contributed by atoms with E-state index in [4.69, 9.17) is 4.74 Å². The average molecular weight is 340 g/mol. The lowest BCUT2D eigenvalue weighted by molar-refractivity contribution is -0.147. The second-order valence-corrected chi connectivity index (χ2v) is 6.09. The minimum atomic E-state index is -0.921. The molecule has 9 nitrogen and oxygen atoms in total. The summed E-state index contributed by atoms with van der Waals surface area (Å²) in [5.74, 6) is -1.32. The number of ether oxygens (including phenoxy) is 1. The first-order chi connectivity index (χ1) is 11.4. The molecule has 2 fully saturated rings. The van der Waals surface area contributed by atoms with Gasteiger partial charge in [0.15, 0.2) is 0 Å². The Labute approximate surface area is 140 Å². The SMILES string of the molecule is COC(C)NC(=O)C(C)N1C(=O)CC(NN2CCC[C@H]2C=O)C1=O. The van der Waals surface area contributed by atoms with Gasteiger partial charge in [0, 0.05) is 13.7 Å². The normalized spacial score (nSPS) is 27.4. The van der Waals surface area contributed by atoms with Crippen LogP contribution in [0.2, 0.25) is 0 Å². The van der Waals surface area contributed by atoms with Gasteiger partial charge in [0.1, 0.15) is 24.6 Å². The highest BCUT2D eigenvalue weighted by Gasteiger charge is 2.44. The predicted molar refractivity (Wildman–Crippen MR) is 83.3 cm³/mol. The van der Waals surface area contributed by atoms with Crippen molar-refractivity contribution in [2.75, 3.05) is 13.7 Å². The van der Waals surface area contributed by atoms with Gasteiger partial charge in [0.2, 0.25) is 17.7 Å². The van der Waals surface area contributed by atoms with Crippen LogP contribution in [0.5, 0.6) is 0 Å². The topological polar surface area (TPSA) is 108 Å². The smallest absolute Gasteiger partial charge is 0.248 e. The number of nitrogens with one attached hydrogen (secondary N) is 2. The van der Waals surface area contributed by atoms with Crippen molar-refractivity contribution in [2.24, 2.45) is 0 Å². The van der Waals surface area contributed by atoms with E-state index in [9.17, 15) is 19.2 Å². The number of hydrogen-bond acceptors (Lipinski definition) is 7. The van der Waals surface area contributed by atoms with Crippen LogP contribution in [0.4, 0.5) is 0 Å². The van der Waals surface area contributed by atoms with Gasteiger partial charge in [-0.25, -0.2) is 10.4 Å². The number of carbonyl (C=O) groups excluding carboxylic acids is 4. The average Bonchev–Trinajstić information content (AvgIpc) is 3.11. The highest BCUT2D eigenvalue weighted by atomic mass is 16.5. The molecule has 4 atom stereocenters. The lowest BCUT2D eigenvalue weighted by Gasteiger charge is -2.26. The van der Waals surface area contributed by atoms with Crippen LogP contribution in [-0.4, -0.2) is 71.9 Å². The maximum absolute atomic E-state index is 12.5. The largest absolute Gasteiger partial charge is 0.362 e. The van der Waals surface area contributed by atoms with E-state index in [-0.39, 0.29) is 12.5 Å². The van der Waals surface area contributed by atoms with E-state index in [1.807, 2.05) is 0 Å². The van der Waals surface area contributed by atoms with Crippen molar-refractivity contribution < 1.29 is 23.9 Å². The van der Waals surface area contributed by atoms with Gasteiger partial charge in [-0.15, -0.1) is 0 Å². The Balaban J connectivity index is 2.00. The molecular weight excluding hydrogens is 316 g/mol. The monoisotopic (exact) mass is 340 g/mol. The Hall–Kier alpha value is -1.84. The van der Waals surface area contributed by atoms with Gasteiger partial charge in [-0.3, -0.25) is 19.3 Å². The minimum Gasteiger partial charge on any atom is -0.362 e. The Morgan fingerprint density at radius 3 is 2.71 bits per heavy atom. The summed E-state index contributed by atoms with van der Waals surface area (Å²) in [7, 11) is 1.45. The van der Waals surface area contributed by atoms with E-state index in [0.29, 0.717) is 6.54 Å². The van der Waals surface area contributed by atoms with E-state index < -0.39 is 36.0 Å². The molecule has 134 valence electrons. The second-order valence-electron chi connectivity index (χ2n) is 6.09. The Morgan fingerprint density at radius 1 is 1.38 bits per heavy atom. The van der Waals surface area contributed by atoms with Crippen molar-refractivity contribution >= 4 is 24.0 Å². The molecule has 0 saturated carbocycles. The van der Waals surface area contributed by atoms with Crippen molar-refractivity contribution in [3.05, 3.63) is 0 Å². The Bertz CT molecular complexity index is 526. The molecule has 0 bridgehead atoms. The van der Waals surface area contributed by atoms with E-state index in [1.54, 1.807) is 11.9 Å². The van der Waals surface area contributed by atoms with E-state index in [2.05, 4.69) is 10.7 Å². The van der Waals surface area contributed by atoms with Crippen LogP contribution in [0.1, 0.15) is 33.1 Å². The quantitative estimate of drug-likeness (QED) is 0.340. The van der Waals surface area contributed by atoms with E-state index in [0.717, 1.165) is 24.0 Å². The number of nitrogens with zero attached hydrogens (tertiary/aromatic N) is 2. The molecule has 0 radical (unpaired) electrons. The molecule has 2 saturated heterocycles. The summed E-state index contributed by atoms with van der Waals surface area (Å²) in [4.78, 5) is 48.8. The first kappa shape index (κ1) is 18.5. The fraction of sp³-hybridized carbons (Fsp3) is 0.733.